The lowest BCUT2D eigenvalue weighted by atomic mass is 10.4. The van der Waals surface area contributed by atoms with Gasteiger partial charge in [-0.1, -0.05) is 6.92 Å². The summed E-state index contributed by atoms with van der Waals surface area (Å²) in [6.07, 6.45) is 3.64. The van der Waals surface area contributed by atoms with E-state index in [0.29, 0.717) is 11.9 Å². The molecule has 1 N–H and O–H groups in total. The molecule has 1 aliphatic rings. The number of hydrogen-bond acceptors (Lipinski definition) is 5. The lowest BCUT2D eigenvalue weighted by Gasteiger charge is -2.17. The third kappa shape index (κ3) is 3.70. The van der Waals surface area contributed by atoms with Crippen molar-refractivity contribution >= 4 is 23.5 Å². The van der Waals surface area contributed by atoms with Crippen molar-refractivity contribution in [3.63, 3.8) is 0 Å². The van der Waals surface area contributed by atoms with E-state index in [1.54, 1.807) is 0 Å². The predicted octanol–water partition coefficient (Wildman–Crippen LogP) is 2.19. The number of anilines is 2. The number of halogens is 1. The molecule has 0 radical (unpaired) electrons. The van der Waals surface area contributed by atoms with Crippen LogP contribution in [0, 0.1) is 5.92 Å². The van der Waals surface area contributed by atoms with Gasteiger partial charge in [0.25, 0.3) is 0 Å². The van der Waals surface area contributed by atoms with Crippen molar-refractivity contribution in [3.05, 3.63) is 5.28 Å². The van der Waals surface area contributed by atoms with Crippen LogP contribution in [0.1, 0.15) is 26.2 Å². The topological polar surface area (TPSA) is 53.9 Å². The Morgan fingerprint density at radius 2 is 2.12 bits per heavy atom. The fraction of sp³-hybridized carbons (Fsp3) is 0.727. The first-order valence-corrected chi connectivity index (χ1v) is 6.43. The Labute approximate surface area is 107 Å². The molecule has 1 aliphatic carbocycles. The third-order valence-corrected chi connectivity index (χ3v) is 2.87. The van der Waals surface area contributed by atoms with Crippen LogP contribution >= 0.6 is 11.6 Å². The van der Waals surface area contributed by atoms with Crippen LogP contribution < -0.4 is 10.2 Å². The number of aromatic nitrogens is 3. The van der Waals surface area contributed by atoms with E-state index in [0.717, 1.165) is 25.4 Å². The fourth-order valence-electron chi connectivity index (χ4n) is 1.60. The zero-order valence-electron chi connectivity index (χ0n) is 10.3. The van der Waals surface area contributed by atoms with Gasteiger partial charge in [-0.2, -0.15) is 15.0 Å². The molecule has 6 heteroatoms. The first kappa shape index (κ1) is 12.4. The van der Waals surface area contributed by atoms with Crippen molar-refractivity contribution < 1.29 is 0 Å². The van der Waals surface area contributed by atoms with Gasteiger partial charge in [0.05, 0.1) is 0 Å². The number of rotatable bonds is 6. The van der Waals surface area contributed by atoms with Crippen molar-refractivity contribution in [2.45, 2.75) is 26.2 Å². The van der Waals surface area contributed by atoms with Gasteiger partial charge in [0.1, 0.15) is 0 Å². The van der Waals surface area contributed by atoms with Crippen LogP contribution in [0.3, 0.4) is 0 Å². The average Bonchev–Trinajstić information content (AvgIpc) is 3.09. The lowest BCUT2D eigenvalue weighted by Crippen LogP contribution is -2.23. The summed E-state index contributed by atoms with van der Waals surface area (Å²) in [5.41, 5.74) is 0. The molecular weight excluding hydrogens is 238 g/mol. The molecule has 0 atom stereocenters. The summed E-state index contributed by atoms with van der Waals surface area (Å²) in [5, 5.41) is 3.37. The van der Waals surface area contributed by atoms with E-state index in [4.69, 9.17) is 11.6 Å². The van der Waals surface area contributed by atoms with Crippen molar-refractivity contribution in [2.24, 2.45) is 5.92 Å². The minimum atomic E-state index is 0.247. The molecule has 94 valence electrons. The second-order valence-corrected chi connectivity index (χ2v) is 4.82. The normalized spacial score (nSPS) is 14.8. The molecular formula is C11H18ClN5. The molecule has 0 aliphatic heterocycles. The standard InChI is InChI=1S/C11H18ClN5/c1-3-6-13-10-14-9(12)15-11(16-10)17(2)7-8-4-5-8/h8H,3-7H2,1-2H3,(H,13,14,15,16). The van der Waals surface area contributed by atoms with E-state index in [1.807, 2.05) is 11.9 Å². The molecule has 1 saturated carbocycles. The Morgan fingerprint density at radius 3 is 2.76 bits per heavy atom. The molecule has 0 amide bonds. The highest BCUT2D eigenvalue weighted by Crippen LogP contribution is 2.30. The smallest absolute Gasteiger partial charge is 0.231 e. The zero-order valence-corrected chi connectivity index (χ0v) is 11.0. The summed E-state index contributed by atoms with van der Waals surface area (Å²) >= 11 is 5.90. The van der Waals surface area contributed by atoms with Crippen molar-refractivity contribution in [1.82, 2.24) is 15.0 Å². The highest BCUT2D eigenvalue weighted by atomic mass is 35.5. The van der Waals surface area contributed by atoms with E-state index >= 15 is 0 Å². The maximum Gasteiger partial charge on any atom is 0.231 e. The van der Waals surface area contributed by atoms with Gasteiger partial charge in [-0.25, -0.2) is 0 Å². The Bertz CT molecular complexity index is 380. The third-order valence-electron chi connectivity index (χ3n) is 2.70. The van der Waals surface area contributed by atoms with Crippen LogP contribution in [-0.2, 0) is 0 Å². The summed E-state index contributed by atoms with van der Waals surface area (Å²) in [6, 6.07) is 0. The first-order valence-electron chi connectivity index (χ1n) is 6.05. The maximum absolute atomic E-state index is 5.90. The van der Waals surface area contributed by atoms with Crippen LogP contribution in [0.25, 0.3) is 0 Å². The van der Waals surface area contributed by atoms with Gasteiger partial charge in [0.15, 0.2) is 0 Å². The van der Waals surface area contributed by atoms with Gasteiger partial charge in [0.2, 0.25) is 17.2 Å². The Kier molecular flexibility index (Phi) is 3.99. The lowest BCUT2D eigenvalue weighted by molar-refractivity contribution is 0.759. The molecule has 17 heavy (non-hydrogen) atoms. The van der Waals surface area contributed by atoms with Crippen molar-refractivity contribution in [3.8, 4) is 0 Å². The predicted molar refractivity (Wildman–Crippen MR) is 69.6 cm³/mol. The molecule has 0 spiro atoms. The number of hydrogen-bond donors (Lipinski definition) is 1. The van der Waals surface area contributed by atoms with Crippen LogP contribution in [0.15, 0.2) is 0 Å². The summed E-state index contributed by atoms with van der Waals surface area (Å²) in [6.45, 7) is 3.93. The Balaban J connectivity index is 2.06. The van der Waals surface area contributed by atoms with E-state index in [-0.39, 0.29) is 5.28 Å². The summed E-state index contributed by atoms with van der Waals surface area (Å²) in [7, 11) is 1.99. The zero-order chi connectivity index (χ0) is 12.3. The molecule has 0 bridgehead atoms. The van der Waals surface area contributed by atoms with Crippen molar-refractivity contribution in [2.75, 3.05) is 30.4 Å². The van der Waals surface area contributed by atoms with Gasteiger partial charge in [-0.3, -0.25) is 0 Å². The van der Waals surface area contributed by atoms with E-state index in [2.05, 4.69) is 27.2 Å². The Morgan fingerprint density at radius 1 is 1.35 bits per heavy atom. The van der Waals surface area contributed by atoms with E-state index in [9.17, 15) is 0 Å². The van der Waals surface area contributed by atoms with Gasteiger partial charge in [-0.15, -0.1) is 0 Å². The highest BCUT2D eigenvalue weighted by molar-refractivity contribution is 6.28. The quantitative estimate of drug-likeness (QED) is 0.845. The second-order valence-electron chi connectivity index (χ2n) is 4.48. The molecule has 2 rings (SSSR count). The van der Waals surface area contributed by atoms with Crippen molar-refractivity contribution in [1.29, 1.82) is 0 Å². The molecule has 0 saturated heterocycles. The molecule has 0 aromatic carbocycles. The second kappa shape index (κ2) is 5.49. The maximum atomic E-state index is 5.90. The molecule has 1 aromatic heterocycles. The van der Waals surface area contributed by atoms with E-state index in [1.165, 1.54) is 12.8 Å². The van der Waals surface area contributed by atoms with Gasteiger partial charge >= 0.3 is 0 Å². The molecule has 1 heterocycles. The molecule has 0 unspecified atom stereocenters. The van der Waals surface area contributed by atoms with Gasteiger partial charge in [-0.05, 0) is 36.8 Å². The van der Waals surface area contributed by atoms with Crippen LogP contribution in [0.2, 0.25) is 5.28 Å². The summed E-state index contributed by atoms with van der Waals surface area (Å²) in [4.78, 5) is 14.6. The fourth-order valence-corrected chi connectivity index (χ4v) is 1.75. The van der Waals surface area contributed by atoms with E-state index < -0.39 is 0 Å². The largest absolute Gasteiger partial charge is 0.354 e. The molecule has 5 nitrogen and oxygen atoms in total. The molecule has 1 fully saturated rings. The minimum absolute atomic E-state index is 0.247. The monoisotopic (exact) mass is 255 g/mol. The Hall–Kier alpha value is -1.10. The number of nitrogens with one attached hydrogen (secondary N) is 1. The summed E-state index contributed by atoms with van der Waals surface area (Å²) in [5.74, 6) is 2.00. The van der Waals surface area contributed by atoms with Gasteiger partial charge < -0.3 is 10.2 Å². The molecule has 1 aromatic rings. The summed E-state index contributed by atoms with van der Waals surface area (Å²) < 4.78 is 0. The first-order chi connectivity index (χ1) is 8.19. The van der Waals surface area contributed by atoms with Crippen LogP contribution in [0.5, 0.6) is 0 Å². The number of nitrogens with zero attached hydrogens (tertiary/aromatic N) is 4. The minimum Gasteiger partial charge on any atom is -0.354 e. The van der Waals surface area contributed by atoms with Crippen LogP contribution in [0.4, 0.5) is 11.9 Å². The average molecular weight is 256 g/mol. The highest BCUT2D eigenvalue weighted by Gasteiger charge is 2.24. The SMILES string of the molecule is CCCNc1nc(Cl)nc(N(C)CC2CC2)n1. The van der Waals surface area contributed by atoms with Crippen LogP contribution in [-0.4, -0.2) is 35.1 Å². The van der Waals surface area contributed by atoms with Gasteiger partial charge in [0, 0.05) is 20.1 Å².